The first-order valence-corrected chi connectivity index (χ1v) is 5.49. The molecule has 1 aromatic rings. The van der Waals surface area contributed by atoms with E-state index in [2.05, 4.69) is 4.98 Å². The van der Waals surface area contributed by atoms with E-state index in [1.54, 1.807) is 20.4 Å². The maximum absolute atomic E-state index is 5.46. The standard InChI is InChI=1S/C10H15NO3.C2H6/c1-12-7-4-8-14-9-5-3-6-11-10(9)13-2;1-2/h3,5-6H,4,7-8H2,1-2H3;1-2H3. The first-order chi connectivity index (χ1) is 7.88. The molecule has 0 unspecified atom stereocenters. The molecule has 0 saturated carbocycles. The maximum Gasteiger partial charge on any atom is 0.256 e. The zero-order valence-electron chi connectivity index (χ0n) is 10.5. The highest BCUT2D eigenvalue weighted by Gasteiger charge is 2.02. The van der Waals surface area contributed by atoms with Crippen molar-refractivity contribution in [2.24, 2.45) is 0 Å². The second kappa shape index (κ2) is 10.2. The van der Waals surface area contributed by atoms with Crippen molar-refractivity contribution >= 4 is 0 Å². The van der Waals surface area contributed by atoms with Gasteiger partial charge in [0.25, 0.3) is 5.88 Å². The van der Waals surface area contributed by atoms with Crippen LogP contribution in [0, 0.1) is 0 Å². The van der Waals surface area contributed by atoms with Crippen LogP contribution in [-0.2, 0) is 4.74 Å². The van der Waals surface area contributed by atoms with Crippen molar-refractivity contribution < 1.29 is 14.2 Å². The van der Waals surface area contributed by atoms with Crippen LogP contribution in [-0.4, -0.2) is 32.4 Å². The smallest absolute Gasteiger partial charge is 0.256 e. The largest absolute Gasteiger partial charge is 0.488 e. The summed E-state index contributed by atoms with van der Waals surface area (Å²) in [6.45, 7) is 5.30. The molecule has 0 bridgehead atoms. The molecule has 16 heavy (non-hydrogen) atoms. The highest BCUT2D eigenvalue weighted by Crippen LogP contribution is 2.22. The van der Waals surface area contributed by atoms with Gasteiger partial charge >= 0.3 is 0 Å². The second-order valence-electron chi connectivity index (χ2n) is 2.71. The molecule has 0 fully saturated rings. The number of methoxy groups -OCH3 is 2. The van der Waals surface area contributed by atoms with E-state index in [0.717, 1.165) is 6.42 Å². The molecule has 0 aromatic carbocycles. The van der Waals surface area contributed by atoms with Crippen LogP contribution in [0.25, 0.3) is 0 Å². The minimum Gasteiger partial charge on any atom is -0.488 e. The van der Waals surface area contributed by atoms with Gasteiger partial charge in [0.1, 0.15) is 0 Å². The molecular formula is C12H21NO3. The summed E-state index contributed by atoms with van der Waals surface area (Å²) in [5, 5.41) is 0. The molecule has 1 aromatic heterocycles. The monoisotopic (exact) mass is 227 g/mol. The molecule has 4 heteroatoms. The van der Waals surface area contributed by atoms with Crippen LogP contribution in [0.1, 0.15) is 20.3 Å². The van der Waals surface area contributed by atoms with Gasteiger partial charge in [-0.3, -0.25) is 0 Å². The van der Waals surface area contributed by atoms with Crippen LogP contribution in [0.3, 0.4) is 0 Å². The van der Waals surface area contributed by atoms with E-state index in [1.165, 1.54) is 0 Å². The molecule has 1 heterocycles. The van der Waals surface area contributed by atoms with E-state index in [0.29, 0.717) is 24.8 Å². The predicted octanol–water partition coefficient (Wildman–Crippen LogP) is 2.53. The fourth-order valence-electron chi connectivity index (χ4n) is 1.02. The predicted molar refractivity (Wildman–Crippen MR) is 64.1 cm³/mol. The molecule has 92 valence electrons. The molecule has 0 aliphatic rings. The van der Waals surface area contributed by atoms with Gasteiger partial charge in [-0.25, -0.2) is 4.98 Å². The first-order valence-electron chi connectivity index (χ1n) is 5.49. The Hall–Kier alpha value is -1.29. The van der Waals surface area contributed by atoms with Gasteiger partial charge in [0, 0.05) is 26.3 Å². The molecule has 0 N–H and O–H groups in total. The molecular weight excluding hydrogens is 206 g/mol. The minimum atomic E-state index is 0.518. The summed E-state index contributed by atoms with van der Waals surface area (Å²) in [6, 6.07) is 3.65. The summed E-state index contributed by atoms with van der Waals surface area (Å²) in [4.78, 5) is 4.02. The van der Waals surface area contributed by atoms with E-state index < -0.39 is 0 Å². The van der Waals surface area contributed by atoms with Crippen LogP contribution >= 0.6 is 0 Å². The number of rotatable bonds is 6. The number of aromatic nitrogens is 1. The van der Waals surface area contributed by atoms with Gasteiger partial charge in [-0.1, -0.05) is 13.8 Å². The fraction of sp³-hybridized carbons (Fsp3) is 0.583. The van der Waals surface area contributed by atoms with Crippen molar-refractivity contribution in [2.75, 3.05) is 27.4 Å². The van der Waals surface area contributed by atoms with Gasteiger partial charge in [-0.05, 0) is 12.1 Å². The number of pyridine rings is 1. The molecule has 1 rings (SSSR count). The van der Waals surface area contributed by atoms with Gasteiger partial charge < -0.3 is 14.2 Å². The summed E-state index contributed by atoms with van der Waals surface area (Å²) in [5.41, 5.74) is 0. The van der Waals surface area contributed by atoms with E-state index in [-0.39, 0.29) is 0 Å². The SMILES string of the molecule is CC.COCCCOc1cccnc1OC. The third kappa shape index (κ3) is 5.56. The number of ether oxygens (including phenoxy) is 3. The van der Waals surface area contributed by atoms with Gasteiger partial charge in [0.2, 0.25) is 0 Å². The van der Waals surface area contributed by atoms with Crippen molar-refractivity contribution in [3.63, 3.8) is 0 Å². The Balaban J connectivity index is 0.00000106. The molecule has 4 nitrogen and oxygen atoms in total. The van der Waals surface area contributed by atoms with E-state index in [4.69, 9.17) is 14.2 Å². The van der Waals surface area contributed by atoms with Crippen molar-refractivity contribution in [1.29, 1.82) is 0 Å². The van der Waals surface area contributed by atoms with Gasteiger partial charge in [0.15, 0.2) is 5.75 Å². The Labute approximate surface area is 97.6 Å². The lowest BCUT2D eigenvalue weighted by Gasteiger charge is -2.08. The summed E-state index contributed by atoms with van der Waals surface area (Å²) in [7, 11) is 3.25. The maximum atomic E-state index is 5.46. The van der Waals surface area contributed by atoms with Crippen LogP contribution in [0.15, 0.2) is 18.3 Å². The Morgan fingerprint density at radius 1 is 1.19 bits per heavy atom. The molecule has 0 saturated heterocycles. The normalized spacial score (nSPS) is 9.00. The zero-order valence-corrected chi connectivity index (χ0v) is 10.5. The highest BCUT2D eigenvalue weighted by molar-refractivity contribution is 5.32. The molecule has 0 atom stereocenters. The van der Waals surface area contributed by atoms with Crippen LogP contribution in [0.2, 0.25) is 0 Å². The van der Waals surface area contributed by atoms with Crippen LogP contribution in [0.4, 0.5) is 0 Å². The van der Waals surface area contributed by atoms with Gasteiger partial charge in [-0.15, -0.1) is 0 Å². The number of hydrogen-bond acceptors (Lipinski definition) is 4. The third-order valence-corrected chi connectivity index (χ3v) is 1.68. The fourth-order valence-corrected chi connectivity index (χ4v) is 1.02. The third-order valence-electron chi connectivity index (χ3n) is 1.68. The van der Waals surface area contributed by atoms with Gasteiger partial charge in [-0.2, -0.15) is 0 Å². The average Bonchev–Trinajstić information content (AvgIpc) is 2.37. The Morgan fingerprint density at radius 3 is 2.56 bits per heavy atom. The lowest BCUT2D eigenvalue weighted by Crippen LogP contribution is -2.03. The van der Waals surface area contributed by atoms with Crippen molar-refractivity contribution in [3.8, 4) is 11.6 Å². The van der Waals surface area contributed by atoms with E-state index in [9.17, 15) is 0 Å². The number of nitrogens with zero attached hydrogens (tertiary/aromatic N) is 1. The molecule has 0 aliphatic carbocycles. The molecule has 0 radical (unpaired) electrons. The van der Waals surface area contributed by atoms with Crippen LogP contribution in [0.5, 0.6) is 11.6 Å². The molecule has 0 spiro atoms. The Morgan fingerprint density at radius 2 is 1.94 bits per heavy atom. The quantitative estimate of drug-likeness (QED) is 0.700. The summed E-state index contributed by atoms with van der Waals surface area (Å²) in [6.07, 6.45) is 2.52. The zero-order chi connectivity index (χ0) is 12.2. The summed E-state index contributed by atoms with van der Waals surface area (Å²) >= 11 is 0. The Bertz CT molecular complexity index is 266. The van der Waals surface area contributed by atoms with E-state index in [1.807, 2.05) is 26.0 Å². The average molecular weight is 227 g/mol. The van der Waals surface area contributed by atoms with Crippen molar-refractivity contribution in [1.82, 2.24) is 4.98 Å². The minimum absolute atomic E-state index is 0.518. The topological polar surface area (TPSA) is 40.6 Å². The highest BCUT2D eigenvalue weighted by atomic mass is 16.5. The Kier molecular flexibility index (Phi) is 9.41. The lowest BCUT2D eigenvalue weighted by atomic mass is 10.4. The number of hydrogen-bond donors (Lipinski definition) is 0. The van der Waals surface area contributed by atoms with Crippen molar-refractivity contribution in [2.45, 2.75) is 20.3 Å². The van der Waals surface area contributed by atoms with Crippen LogP contribution < -0.4 is 9.47 Å². The second-order valence-corrected chi connectivity index (χ2v) is 2.71. The van der Waals surface area contributed by atoms with Gasteiger partial charge in [0.05, 0.1) is 13.7 Å². The molecule has 0 aliphatic heterocycles. The molecule has 0 amide bonds. The summed E-state index contributed by atoms with van der Waals surface area (Å²) < 4.78 is 15.4. The lowest BCUT2D eigenvalue weighted by molar-refractivity contribution is 0.170. The summed E-state index contributed by atoms with van der Waals surface area (Å²) in [5.74, 6) is 1.19. The van der Waals surface area contributed by atoms with E-state index >= 15 is 0 Å². The van der Waals surface area contributed by atoms with Crippen molar-refractivity contribution in [3.05, 3.63) is 18.3 Å². The first kappa shape index (κ1) is 14.7.